The summed E-state index contributed by atoms with van der Waals surface area (Å²) in [7, 11) is -4.09. The Kier molecular flexibility index (Phi) is 5.25. The number of rotatable bonds is 6. The van der Waals surface area contributed by atoms with Crippen molar-refractivity contribution in [3.63, 3.8) is 0 Å². The molecule has 2 atom stereocenters. The Labute approximate surface area is 148 Å². The van der Waals surface area contributed by atoms with Crippen LogP contribution in [0.4, 0.5) is 0 Å². The van der Waals surface area contributed by atoms with E-state index in [0.29, 0.717) is 24.0 Å². The van der Waals surface area contributed by atoms with Crippen LogP contribution in [0.1, 0.15) is 38.7 Å². The highest BCUT2D eigenvalue weighted by Crippen LogP contribution is 2.52. The van der Waals surface area contributed by atoms with E-state index in [9.17, 15) is 23.4 Å². The normalized spacial score (nSPS) is 26.7. The van der Waals surface area contributed by atoms with E-state index in [0.717, 1.165) is 17.9 Å². The first-order chi connectivity index (χ1) is 11.6. The summed E-state index contributed by atoms with van der Waals surface area (Å²) in [6, 6.07) is 9.17. The number of aliphatic hydroxyl groups is 1. The standard InChI is InChI=1S/C19H24O5S/c1-4-5-12-18(17(20)21)14(2)16(15-9-7-6-8-10-15)11-13-19(18,22)25(3,23)24/h6-11,13,22H,4-5,12H2,1-3H3,(H,20,21). The van der Waals surface area contributed by atoms with Gasteiger partial charge in [-0.25, -0.2) is 8.42 Å². The lowest BCUT2D eigenvalue weighted by atomic mass is 9.66. The van der Waals surface area contributed by atoms with Crippen LogP contribution in [0, 0.1) is 5.41 Å². The molecule has 0 radical (unpaired) electrons. The summed E-state index contributed by atoms with van der Waals surface area (Å²) in [4.78, 5) is 9.86. The number of carboxylic acid groups (broad SMARTS) is 1. The lowest BCUT2D eigenvalue weighted by Crippen LogP contribution is -2.58. The molecule has 0 fully saturated rings. The lowest BCUT2D eigenvalue weighted by molar-refractivity contribution is -0.154. The van der Waals surface area contributed by atoms with Gasteiger partial charge in [-0.2, -0.15) is 0 Å². The van der Waals surface area contributed by atoms with Gasteiger partial charge in [0.15, 0.2) is 9.84 Å². The molecular weight excluding hydrogens is 340 g/mol. The molecular formula is C19H24O5S. The molecule has 0 aromatic heterocycles. The minimum Gasteiger partial charge on any atom is -0.480 e. The minimum absolute atomic E-state index is 0.0366. The van der Waals surface area contributed by atoms with Gasteiger partial charge in [-0.05, 0) is 36.1 Å². The highest BCUT2D eigenvalue weighted by atomic mass is 32.2. The first-order valence-electron chi connectivity index (χ1n) is 8.23. The van der Waals surface area contributed by atoms with Gasteiger partial charge in [0.25, 0.3) is 0 Å². The largest absolute Gasteiger partial charge is 0.480 e. The van der Waals surface area contributed by atoms with Gasteiger partial charge in [0.1, 0.15) is 5.41 Å². The number of unbranched alkanes of at least 4 members (excludes halogenated alkanes) is 1. The zero-order chi connectivity index (χ0) is 18.9. The molecule has 0 saturated carbocycles. The van der Waals surface area contributed by atoms with Crippen molar-refractivity contribution in [2.75, 3.05) is 6.26 Å². The Bertz CT molecular complexity index is 823. The van der Waals surface area contributed by atoms with E-state index in [1.165, 1.54) is 6.08 Å². The maximum absolute atomic E-state index is 12.4. The molecule has 1 aromatic rings. The van der Waals surface area contributed by atoms with Crippen LogP contribution in [0.25, 0.3) is 5.57 Å². The number of aliphatic carboxylic acids is 1. The van der Waals surface area contributed by atoms with Gasteiger partial charge in [-0.3, -0.25) is 4.79 Å². The van der Waals surface area contributed by atoms with E-state index in [1.807, 2.05) is 37.3 Å². The third kappa shape index (κ3) is 2.93. The highest BCUT2D eigenvalue weighted by molar-refractivity contribution is 7.92. The fourth-order valence-electron chi connectivity index (χ4n) is 3.56. The molecule has 25 heavy (non-hydrogen) atoms. The van der Waals surface area contributed by atoms with E-state index in [-0.39, 0.29) is 6.42 Å². The number of carbonyl (C=O) groups is 1. The van der Waals surface area contributed by atoms with Gasteiger partial charge in [0, 0.05) is 6.26 Å². The number of hydrogen-bond acceptors (Lipinski definition) is 4. The van der Waals surface area contributed by atoms with Crippen molar-refractivity contribution in [3.05, 3.63) is 53.6 Å². The first-order valence-corrected chi connectivity index (χ1v) is 10.1. The summed E-state index contributed by atoms with van der Waals surface area (Å²) < 4.78 is 24.8. The third-order valence-corrected chi connectivity index (χ3v) is 6.67. The SMILES string of the molecule is CCCCC1(C(=O)O)C(C)=C(c2ccccc2)C=CC1(O)S(C)(=O)=O. The molecule has 0 heterocycles. The van der Waals surface area contributed by atoms with Gasteiger partial charge in [0.2, 0.25) is 4.93 Å². The summed E-state index contributed by atoms with van der Waals surface area (Å²) in [6.45, 7) is 3.50. The van der Waals surface area contributed by atoms with Crippen molar-refractivity contribution in [1.82, 2.24) is 0 Å². The number of carboxylic acids is 1. The molecule has 2 N–H and O–H groups in total. The van der Waals surface area contributed by atoms with E-state index in [4.69, 9.17) is 0 Å². The summed E-state index contributed by atoms with van der Waals surface area (Å²) in [5, 5.41) is 21.1. The van der Waals surface area contributed by atoms with Crippen molar-refractivity contribution < 1.29 is 23.4 Å². The average molecular weight is 364 g/mol. The van der Waals surface area contributed by atoms with Crippen LogP contribution in [0.3, 0.4) is 0 Å². The Morgan fingerprint density at radius 2 is 1.80 bits per heavy atom. The number of benzene rings is 1. The zero-order valence-electron chi connectivity index (χ0n) is 14.7. The Morgan fingerprint density at radius 1 is 1.20 bits per heavy atom. The summed E-state index contributed by atoms with van der Waals surface area (Å²) >= 11 is 0. The van der Waals surface area contributed by atoms with E-state index in [2.05, 4.69) is 0 Å². The second-order valence-corrected chi connectivity index (χ2v) is 8.69. The monoisotopic (exact) mass is 364 g/mol. The minimum atomic E-state index is -4.09. The molecule has 0 aliphatic heterocycles. The highest BCUT2D eigenvalue weighted by Gasteiger charge is 2.63. The number of allylic oxidation sites excluding steroid dienone is 2. The van der Waals surface area contributed by atoms with Crippen molar-refractivity contribution >= 4 is 21.4 Å². The van der Waals surface area contributed by atoms with E-state index >= 15 is 0 Å². The van der Waals surface area contributed by atoms with Crippen LogP contribution in [0.5, 0.6) is 0 Å². The Morgan fingerprint density at radius 3 is 2.28 bits per heavy atom. The maximum Gasteiger partial charge on any atom is 0.318 e. The molecule has 0 amide bonds. The molecule has 0 saturated heterocycles. The molecule has 1 aromatic carbocycles. The molecule has 2 rings (SSSR count). The maximum atomic E-state index is 12.4. The van der Waals surface area contributed by atoms with Gasteiger partial charge in [-0.15, -0.1) is 0 Å². The Balaban J connectivity index is 2.82. The topological polar surface area (TPSA) is 91.7 Å². The molecule has 6 heteroatoms. The first kappa shape index (κ1) is 19.4. The predicted molar refractivity (Wildman–Crippen MR) is 97.6 cm³/mol. The molecule has 136 valence electrons. The van der Waals surface area contributed by atoms with Gasteiger partial charge in [0.05, 0.1) is 0 Å². The van der Waals surface area contributed by atoms with Crippen LogP contribution in [0.15, 0.2) is 48.1 Å². The second-order valence-electron chi connectivity index (χ2n) is 6.52. The van der Waals surface area contributed by atoms with E-state index in [1.54, 1.807) is 6.92 Å². The van der Waals surface area contributed by atoms with Gasteiger partial charge < -0.3 is 10.2 Å². The molecule has 0 bridgehead atoms. The van der Waals surface area contributed by atoms with Crippen LogP contribution in [0.2, 0.25) is 0 Å². The zero-order valence-corrected chi connectivity index (χ0v) is 15.5. The van der Waals surface area contributed by atoms with E-state index < -0.39 is 26.2 Å². The average Bonchev–Trinajstić information content (AvgIpc) is 2.54. The molecule has 1 aliphatic rings. The summed E-state index contributed by atoms with van der Waals surface area (Å²) in [5.74, 6) is -1.33. The fourth-order valence-corrected chi connectivity index (χ4v) is 4.85. The predicted octanol–water partition coefficient (Wildman–Crippen LogP) is 3.02. The summed E-state index contributed by atoms with van der Waals surface area (Å²) in [6.07, 6.45) is 4.72. The van der Waals surface area contributed by atoms with Crippen LogP contribution in [-0.2, 0) is 14.6 Å². The van der Waals surface area contributed by atoms with Gasteiger partial charge >= 0.3 is 5.97 Å². The second kappa shape index (κ2) is 6.77. The van der Waals surface area contributed by atoms with Crippen LogP contribution >= 0.6 is 0 Å². The number of hydrogen-bond donors (Lipinski definition) is 2. The van der Waals surface area contributed by atoms with Gasteiger partial charge in [-0.1, -0.05) is 56.2 Å². The van der Waals surface area contributed by atoms with Crippen molar-refractivity contribution in [2.24, 2.45) is 5.41 Å². The Hall–Kier alpha value is -1.92. The molecule has 5 nitrogen and oxygen atoms in total. The summed E-state index contributed by atoms with van der Waals surface area (Å²) in [5.41, 5.74) is -0.146. The molecule has 1 aliphatic carbocycles. The third-order valence-electron chi connectivity index (χ3n) is 5.05. The molecule has 0 spiro atoms. The smallest absolute Gasteiger partial charge is 0.318 e. The number of sulfone groups is 1. The quantitative estimate of drug-likeness (QED) is 0.809. The molecule has 2 unspecified atom stereocenters. The lowest BCUT2D eigenvalue weighted by Gasteiger charge is -2.45. The van der Waals surface area contributed by atoms with Crippen molar-refractivity contribution in [3.8, 4) is 0 Å². The van der Waals surface area contributed by atoms with Crippen molar-refractivity contribution in [1.29, 1.82) is 0 Å². The van der Waals surface area contributed by atoms with Crippen LogP contribution < -0.4 is 0 Å². The fraction of sp³-hybridized carbons (Fsp3) is 0.421. The van der Waals surface area contributed by atoms with Crippen LogP contribution in [-0.4, -0.2) is 35.8 Å². The van der Waals surface area contributed by atoms with Crippen molar-refractivity contribution in [2.45, 2.75) is 38.0 Å².